The highest BCUT2D eigenvalue weighted by molar-refractivity contribution is 6.31. The van der Waals surface area contributed by atoms with E-state index in [1.807, 2.05) is 0 Å². The summed E-state index contributed by atoms with van der Waals surface area (Å²) in [5.74, 6) is -0.213. The van der Waals surface area contributed by atoms with Gasteiger partial charge in [0.1, 0.15) is 17.5 Å². The number of ketones is 1. The van der Waals surface area contributed by atoms with Crippen LogP contribution in [0.4, 0.5) is 0 Å². The van der Waals surface area contributed by atoms with Crippen LogP contribution in [0.1, 0.15) is 55.9 Å². The van der Waals surface area contributed by atoms with Crippen LogP contribution in [0.15, 0.2) is 18.2 Å². The Morgan fingerprint density at radius 3 is 2.73 bits per heavy atom. The third kappa shape index (κ3) is 4.81. The second-order valence-corrected chi connectivity index (χ2v) is 10.8. The number of nitrogens with one attached hydrogen (secondary N) is 3. The zero-order valence-corrected chi connectivity index (χ0v) is 21.9. The number of aromatic amines is 1. The molecule has 1 aliphatic carbocycles. The molecule has 3 N–H and O–H groups in total. The number of Topliss-reactive ketones (excluding diaryl/α,β-unsaturated/α-hetero) is 1. The largest absolute Gasteiger partial charge is 0.496 e. The molecule has 10 heteroatoms. The monoisotopic (exact) mass is 528 g/mol. The van der Waals surface area contributed by atoms with Crippen LogP contribution in [0.2, 0.25) is 5.02 Å². The minimum absolute atomic E-state index is 0.0458. The lowest BCUT2D eigenvalue weighted by molar-refractivity contribution is -0.132. The number of fused-ring (bicyclic) bond motifs is 2. The van der Waals surface area contributed by atoms with Crippen molar-refractivity contribution in [2.45, 2.75) is 57.5 Å². The molecule has 2 aromatic rings. The molecule has 1 aromatic heterocycles. The molecule has 1 saturated carbocycles. The quantitative estimate of drug-likeness (QED) is 0.486. The molecule has 3 amide bonds. The predicted molar refractivity (Wildman–Crippen MR) is 138 cm³/mol. The van der Waals surface area contributed by atoms with E-state index in [1.165, 1.54) is 0 Å². The number of methoxy groups -OCH3 is 1. The maximum Gasteiger partial charge on any atom is 0.271 e. The Labute approximate surface area is 220 Å². The first-order valence-corrected chi connectivity index (χ1v) is 13.5. The summed E-state index contributed by atoms with van der Waals surface area (Å²) < 4.78 is 5.43. The molecule has 198 valence electrons. The van der Waals surface area contributed by atoms with Gasteiger partial charge in [-0.05, 0) is 55.7 Å². The lowest BCUT2D eigenvalue weighted by Gasteiger charge is -2.29. The number of amides is 3. The molecule has 3 aliphatic rings. The number of hydrogen-bond acceptors (Lipinski definition) is 5. The minimum Gasteiger partial charge on any atom is -0.496 e. The standard InChI is InChI=1S/C27H33ClN4O5/c1-3-22(33)20(9-14-7-8-29-25(14)34)31-26(35)24-17-6-4-5-15(17)13-32(24)27(36)21-12-18-19(30-21)10-16(28)11-23(18)37-2/h10-12,14-15,17,20,24,30H,3-9,13H2,1-2H3,(H,29,34)(H,31,35). The van der Waals surface area contributed by atoms with Gasteiger partial charge < -0.3 is 25.3 Å². The minimum atomic E-state index is -0.747. The Bertz CT molecular complexity index is 1240. The summed E-state index contributed by atoms with van der Waals surface area (Å²) >= 11 is 6.20. The highest BCUT2D eigenvalue weighted by Crippen LogP contribution is 2.43. The summed E-state index contributed by atoms with van der Waals surface area (Å²) in [5, 5.41) is 6.97. The van der Waals surface area contributed by atoms with Crippen molar-refractivity contribution in [2.75, 3.05) is 20.2 Å². The second kappa shape index (κ2) is 10.4. The van der Waals surface area contributed by atoms with E-state index < -0.39 is 12.1 Å². The summed E-state index contributed by atoms with van der Waals surface area (Å²) in [6.45, 7) is 2.83. The van der Waals surface area contributed by atoms with Crippen LogP contribution < -0.4 is 15.4 Å². The van der Waals surface area contributed by atoms with Gasteiger partial charge in [-0.15, -0.1) is 0 Å². The van der Waals surface area contributed by atoms with Crippen LogP contribution in [0, 0.1) is 17.8 Å². The molecule has 0 radical (unpaired) electrons. The summed E-state index contributed by atoms with van der Waals surface area (Å²) in [6.07, 6.45) is 4.03. The normalized spacial score (nSPS) is 25.7. The number of rotatable bonds is 8. The van der Waals surface area contributed by atoms with E-state index >= 15 is 0 Å². The Morgan fingerprint density at radius 1 is 1.22 bits per heavy atom. The number of benzene rings is 1. The molecule has 9 nitrogen and oxygen atoms in total. The molecule has 0 bridgehead atoms. The Kier molecular flexibility index (Phi) is 7.16. The number of carbonyl (C=O) groups excluding carboxylic acids is 4. The number of aromatic nitrogens is 1. The maximum atomic E-state index is 13.8. The van der Waals surface area contributed by atoms with Crippen molar-refractivity contribution < 1.29 is 23.9 Å². The maximum absolute atomic E-state index is 13.8. The SMILES string of the molecule is CCC(=O)C(CC1CCNC1=O)NC(=O)C1C2CCCC2CN1C(=O)c1cc2c(OC)cc(Cl)cc2[nH]1. The van der Waals surface area contributed by atoms with E-state index in [0.29, 0.717) is 41.5 Å². The second-order valence-electron chi connectivity index (χ2n) is 10.4. The summed E-state index contributed by atoms with van der Waals surface area (Å²) in [7, 11) is 1.55. The molecule has 37 heavy (non-hydrogen) atoms. The predicted octanol–water partition coefficient (Wildman–Crippen LogP) is 3.06. The number of carbonyl (C=O) groups is 4. The van der Waals surface area contributed by atoms with E-state index in [9.17, 15) is 19.2 Å². The first-order valence-electron chi connectivity index (χ1n) is 13.1. The van der Waals surface area contributed by atoms with Crippen molar-refractivity contribution in [3.8, 4) is 5.75 Å². The Morgan fingerprint density at radius 2 is 2.03 bits per heavy atom. The molecule has 5 unspecified atom stereocenters. The highest BCUT2D eigenvalue weighted by atomic mass is 35.5. The first kappa shape index (κ1) is 25.6. The number of hydrogen-bond donors (Lipinski definition) is 3. The van der Waals surface area contributed by atoms with Gasteiger partial charge in [0.15, 0.2) is 5.78 Å². The first-order chi connectivity index (χ1) is 17.8. The van der Waals surface area contributed by atoms with Crippen LogP contribution in [0.3, 0.4) is 0 Å². The Hall–Kier alpha value is -3.07. The summed E-state index contributed by atoms with van der Waals surface area (Å²) in [5.41, 5.74) is 1.04. The number of ether oxygens (including phenoxy) is 1. The molecular formula is C27H33ClN4O5. The van der Waals surface area contributed by atoms with E-state index in [0.717, 1.165) is 24.6 Å². The van der Waals surface area contributed by atoms with Crippen molar-refractivity contribution in [3.05, 3.63) is 28.9 Å². The van der Waals surface area contributed by atoms with Crippen molar-refractivity contribution in [3.63, 3.8) is 0 Å². The lowest BCUT2D eigenvalue weighted by atomic mass is 9.91. The van der Waals surface area contributed by atoms with Gasteiger partial charge in [-0.3, -0.25) is 19.2 Å². The molecule has 3 heterocycles. The number of H-pyrrole nitrogens is 1. The number of halogens is 1. The van der Waals surface area contributed by atoms with Crippen LogP contribution in [0.25, 0.3) is 10.9 Å². The van der Waals surface area contributed by atoms with Gasteiger partial charge in [0.25, 0.3) is 5.91 Å². The van der Waals surface area contributed by atoms with Gasteiger partial charge in [0, 0.05) is 35.8 Å². The average Bonchev–Trinajstić information content (AvgIpc) is 3.66. The molecule has 2 aliphatic heterocycles. The van der Waals surface area contributed by atoms with Gasteiger partial charge in [0.05, 0.1) is 18.7 Å². The highest BCUT2D eigenvalue weighted by Gasteiger charge is 2.50. The molecule has 2 saturated heterocycles. The van der Waals surface area contributed by atoms with E-state index in [2.05, 4.69) is 15.6 Å². The number of likely N-dealkylation sites (tertiary alicyclic amines) is 1. The van der Waals surface area contributed by atoms with Gasteiger partial charge in [-0.25, -0.2) is 0 Å². The van der Waals surface area contributed by atoms with Crippen molar-refractivity contribution in [1.29, 1.82) is 0 Å². The van der Waals surface area contributed by atoms with E-state index in [1.54, 1.807) is 37.1 Å². The smallest absolute Gasteiger partial charge is 0.271 e. The molecule has 1 aromatic carbocycles. The fraction of sp³-hybridized carbons (Fsp3) is 0.556. The van der Waals surface area contributed by atoms with Crippen molar-refractivity contribution in [1.82, 2.24) is 20.5 Å². The fourth-order valence-corrected chi connectivity index (χ4v) is 6.60. The van der Waals surface area contributed by atoms with Gasteiger partial charge in [-0.1, -0.05) is 24.9 Å². The van der Waals surface area contributed by atoms with Gasteiger partial charge >= 0.3 is 0 Å². The summed E-state index contributed by atoms with van der Waals surface area (Å²) in [4.78, 5) is 57.2. The molecule has 5 atom stereocenters. The topological polar surface area (TPSA) is 121 Å². The van der Waals surface area contributed by atoms with Crippen LogP contribution >= 0.6 is 11.6 Å². The van der Waals surface area contributed by atoms with Gasteiger partial charge in [-0.2, -0.15) is 0 Å². The number of nitrogens with zero attached hydrogens (tertiary/aromatic N) is 1. The zero-order chi connectivity index (χ0) is 26.3. The fourth-order valence-electron chi connectivity index (χ4n) is 6.39. The molecule has 5 rings (SSSR count). The van der Waals surface area contributed by atoms with Crippen molar-refractivity contribution in [2.24, 2.45) is 17.8 Å². The average molecular weight is 529 g/mol. The third-order valence-corrected chi connectivity index (χ3v) is 8.49. The van der Waals surface area contributed by atoms with E-state index in [4.69, 9.17) is 16.3 Å². The zero-order valence-electron chi connectivity index (χ0n) is 21.1. The van der Waals surface area contributed by atoms with Gasteiger partial charge in [0.2, 0.25) is 11.8 Å². The lowest BCUT2D eigenvalue weighted by Crippen LogP contribution is -2.53. The van der Waals surface area contributed by atoms with Crippen LogP contribution in [-0.2, 0) is 14.4 Å². The van der Waals surface area contributed by atoms with Crippen molar-refractivity contribution >= 4 is 46.0 Å². The third-order valence-electron chi connectivity index (χ3n) is 8.27. The summed E-state index contributed by atoms with van der Waals surface area (Å²) in [6, 6.07) is 3.75. The molecule has 0 spiro atoms. The van der Waals surface area contributed by atoms with Crippen LogP contribution in [0.5, 0.6) is 5.75 Å². The molecule has 3 fully saturated rings. The molecular weight excluding hydrogens is 496 g/mol. The van der Waals surface area contributed by atoms with E-state index in [-0.39, 0.29) is 54.1 Å². The Balaban J connectivity index is 1.40. The van der Waals surface area contributed by atoms with Crippen LogP contribution in [-0.4, -0.2) is 65.7 Å².